The molecule has 0 aliphatic heterocycles. The van der Waals surface area contributed by atoms with Crippen molar-refractivity contribution in [1.82, 2.24) is 13.2 Å². The van der Waals surface area contributed by atoms with Crippen LogP contribution in [0.15, 0.2) is 0 Å². The Morgan fingerprint density at radius 3 is 1.90 bits per heavy atom. The third-order valence-electron chi connectivity index (χ3n) is 0.993. The largest absolute Gasteiger partial charge is 0.147 e. The van der Waals surface area contributed by atoms with E-state index < -0.39 is 0 Å². The summed E-state index contributed by atoms with van der Waals surface area (Å²) in [6.45, 7) is 0. The van der Waals surface area contributed by atoms with Crippen molar-refractivity contribution in [2.24, 2.45) is 0 Å². The molecule has 0 atom stereocenters. The van der Waals surface area contributed by atoms with Gasteiger partial charge in [0, 0.05) is 10.7 Å². The summed E-state index contributed by atoms with van der Waals surface area (Å²) in [4.78, 5) is 0. The minimum Gasteiger partial charge on any atom is -0.147 e. The van der Waals surface area contributed by atoms with Crippen molar-refractivity contribution >= 4 is 54.7 Å². The van der Waals surface area contributed by atoms with E-state index in [0.29, 0.717) is 0 Å². The summed E-state index contributed by atoms with van der Waals surface area (Å²) >= 11 is 8.67. The van der Waals surface area contributed by atoms with Crippen molar-refractivity contribution in [3.8, 4) is 0 Å². The summed E-state index contributed by atoms with van der Waals surface area (Å²) in [5.74, 6) is 0. The third kappa shape index (κ3) is 1.91. The number of aromatic nitrogens is 3. The van der Waals surface area contributed by atoms with Crippen LogP contribution in [0.1, 0.15) is 11.4 Å². The molecule has 1 aromatic rings. The predicted molar refractivity (Wildman–Crippen MR) is 54.7 cm³/mol. The molecule has 0 bridgehead atoms. The second-order valence-electron chi connectivity index (χ2n) is 1.60. The number of hydrogen-bond donors (Lipinski definition) is 0. The second kappa shape index (κ2) is 4.01. The first-order chi connectivity index (χ1) is 4.77. The molecule has 0 fully saturated rings. The minimum atomic E-state index is 0.761. The molecule has 6 heteroatoms. The third-order valence-corrected chi connectivity index (χ3v) is 2.49. The topological polar surface area (TPSA) is 30.7 Å². The van der Waals surface area contributed by atoms with E-state index in [1.165, 1.54) is 0 Å². The molecule has 0 saturated carbocycles. The van der Waals surface area contributed by atoms with Gasteiger partial charge in [-0.05, 0) is 0 Å². The quantitative estimate of drug-likeness (QED) is 0.582. The van der Waals surface area contributed by atoms with E-state index >= 15 is 0 Å². The molecule has 0 saturated heterocycles. The zero-order valence-electron chi connectivity index (χ0n) is 4.89. The van der Waals surface area contributed by atoms with Crippen LogP contribution in [0.2, 0.25) is 0 Å². The van der Waals surface area contributed by atoms with Crippen LogP contribution >= 0.6 is 54.7 Å². The summed E-state index contributed by atoms with van der Waals surface area (Å²) in [5.41, 5.74) is 1.98. The lowest BCUT2D eigenvalue weighted by Gasteiger charge is -1.85. The molecule has 1 heterocycles. The zero-order valence-corrected chi connectivity index (χ0v) is 10.2. The maximum atomic E-state index is 4.12. The van der Waals surface area contributed by atoms with Crippen molar-refractivity contribution in [3.05, 3.63) is 11.4 Å². The molecule has 0 unspecified atom stereocenters. The minimum absolute atomic E-state index is 0.761. The monoisotopic (exact) mass is 379 g/mol. The van der Waals surface area contributed by atoms with Crippen LogP contribution in [0.5, 0.6) is 0 Å². The highest BCUT2D eigenvalue weighted by Crippen LogP contribution is 2.11. The van der Waals surface area contributed by atoms with Crippen molar-refractivity contribution in [3.63, 3.8) is 0 Å². The van der Waals surface area contributed by atoms with Gasteiger partial charge in [0.05, 0.1) is 11.4 Å². The van der Waals surface area contributed by atoms with Crippen LogP contribution in [-0.4, -0.2) is 13.2 Å². The first-order valence-corrected chi connectivity index (χ1v) is 5.72. The SMILES string of the molecule is BrCc1nn(I)nc1CBr. The molecule has 0 N–H and O–H groups in total. The van der Waals surface area contributed by atoms with E-state index in [1.54, 1.807) is 3.01 Å². The molecule has 56 valence electrons. The fourth-order valence-corrected chi connectivity index (χ4v) is 1.94. The number of hydrogen-bond acceptors (Lipinski definition) is 2. The van der Waals surface area contributed by atoms with E-state index in [4.69, 9.17) is 0 Å². The number of halogens is 3. The van der Waals surface area contributed by atoms with Crippen LogP contribution in [0, 0.1) is 0 Å². The fourth-order valence-electron chi connectivity index (χ4n) is 0.545. The second-order valence-corrected chi connectivity index (χ2v) is 3.59. The van der Waals surface area contributed by atoms with Gasteiger partial charge in [-0.3, -0.25) is 0 Å². The molecule has 0 aliphatic carbocycles. The van der Waals surface area contributed by atoms with E-state index in [-0.39, 0.29) is 0 Å². The predicted octanol–water partition coefficient (Wildman–Crippen LogP) is 2.27. The summed E-state index contributed by atoms with van der Waals surface area (Å²) in [6, 6.07) is 0. The Kier molecular flexibility index (Phi) is 3.58. The van der Waals surface area contributed by atoms with Crippen LogP contribution in [0.4, 0.5) is 0 Å². The number of rotatable bonds is 2. The Balaban J connectivity index is 2.96. The highest BCUT2D eigenvalue weighted by atomic mass is 127. The zero-order chi connectivity index (χ0) is 7.56. The van der Waals surface area contributed by atoms with Crippen molar-refractivity contribution in [2.45, 2.75) is 10.7 Å². The van der Waals surface area contributed by atoms with Gasteiger partial charge >= 0.3 is 0 Å². The van der Waals surface area contributed by atoms with E-state index in [9.17, 15) is 0 Å². The highest BCUT2D eigenvalue weighted by molar-refractivity contribution is 14.1. The molecule has 0 spiro atoms. The average Bonchev–Trinajstić information content (AvgIpc) is 2.30. The normalized spacial score (nSPS) is 10.3. The van der Waals surface area contributed by atoms with Gasteiger partial charge in [0.25, 0.3) is 0 Å². The Hall–Kier alpha value is 0.830. The first kappa shape index (κ1) is 8.92. The van der Waals surface area contributed by atoms with Crippen LogP contribution < -0.4 is 0 Å². The van der Waals surface area contributed by atoms with Crippen LogP contribution in [0.25, 0.3) is 0 Å². The number of alkyl halides is 2. The summed E-state index contributed by atoms with van der Waals surface area (Å²) < 4.78 is 1.55. The average molecular weight is 381 g/mol. The van der Waals surface area contributed by atoms with Crippen molar-refractivity contribution < 1.29 is 0 Å². The van der Waals surface area contributed by atoms with Crippen LogP contribution in [-0.2, 0) is 10.7 Å². The van der Waals surface area contributed by atoms with Gasteiger partial charge < -0.3 is 0 Å². The van der Waals surface area contributed by atoms with Gasteiger partial charge in [-0.25, -0.2) is 0 Å². The maximum absolute atomic E-state index is 4.12. The Bertz CT molecular complexity index is 203. The molecule has 1 rings (SSSR count). The lowest BCUT2D eigenvalue weighted by atomic mass is 10.4. The first-order valence-electron chi connectivity index (χ1n) is 2.51. The Labute approximate surface area is 89.3 Å². The molecule has 0 aliphatic rings. The Morgan fingerprint density at radius 1 is 1.20 bits per heavy atom. The van der Waals surface area contributed by atoms with E-state index in [1.807, 2.05) is 22.9 Å². The van der Waals surface area contributed by atoms with Gasteiger partial charge in [-0.2, -0.15) is 0 Å². The van der Waals surface area contributed by atoms with E-state index in [0.717, 1.165) is 22.0 Å². The van der Waals surface area contributed by atoms with Gasteiger partial charge in [-0.1, -0.05) is 31.9 Å². The van der Waals surface area contributed by atoms with Gasteiger partial charge in [-0.15, -0.1) is 13.2 Å². The standard InChI is InChI=1S/C4H4Br2IN3/c5-1-3-4(2-6)9-10(7)8-3/h1-2H2. The smallest absolute Gasteiger partial charge is 0.111 e. The molecular weight excluding hydrogens is 377 g/mol. The van der Waals surface area contributed by atoms with Gasteiger partial charge in [0.15, 0.2) is 0 Å². The molecule has 10 heavy (non-hydrogen) atoms. The summed E-state index contributed by atoms with van der Waals surface area (Å²) in [6.07, 6.45) is 0. The van der Waals surface area contributed by atoms with E-state index in [2.05, 4.69) is 42.1 Å². The number of nitrogens with zero attached hydrogens (tertiary/aromatic N) is 3. The molecule has 0 amide bonds. The molecule has 3 nitrogen and oxygen atoms in total. The summed E-state index contributed by atoms with van der Waals surface area (Å²) in [7, 11) is 0. The molecule has 0 aromatic carbocycles. The Morgan fingerprint density at radius 2 is 1.60 bits per heavy atom. The van der Waals surface area contributed by atoms with Gasteiger partial charge in [0.2, 0.25) is 0 Å². The molecular formula is C4H4Br2IN3. The molecule has 0 radical (unpaired) electrons. The lowest BCUT2D eigenvalue weighted by molar-refractivity contribution is 0.886. The van der Waals surface area contributed by atoms with Crippen molar-refractivity contribution in [1.29, 1.82) is 0 Å². The maximum Gasteiger partial charge on any atom is 0.111 e. The molecule has 1 aromatic heterocycles. The fraction of sp³-hybridized carbons (Fsp3) is 0.500. The lowest BCUT2D eigenvalue weighted by Crippen LogP contribution is -1.83. The van der Waals surface area contributed by atoms with Crippen molar-refractivity contribution in [2.75, 3.05) is 0 Å². The summed E-state index contributed by atoms with van der Waals surface area (Å²) in [5, 5.41) is 9.75. The highest BCUT2D eigenvalue weighted by Gasteiger charge is 2.05. The van der Waals surface area contributed by atoms with Crippen LogP contribution in [0.3, 0.4) is 0 Å². The van der Waals surface area contributed by atoms with Gasteiger partial charge in [0.1, 0.15) is 22.9 Å².